The van der Waals surface area contributed by atoms with Crippen LogP contribution >= 0.6 is 0 Å². The van der Waals surface area contributed by atoms with Crippen molar-refractivity contribution in [2.75, 3.05) is 29.5 Å². The van der Waals surface area contributed by atoms with E-state index in [0.717, 1.165) is 35.4 Å². The Morgan fingerprint density at radius 1 is 1.14 bits per heavy atom. The molecule has 1 aliphatic heterocycles. The number of benzene rings is 2. The predicted octanol–water partition coefficient (Wildman–Crippen LogP) is 4.47. The zero-order valence-electron chi connectivity index (χ0n) is 19.9. The average molecular weight is 484 g/mol. The fourth-order valence-electron chi connectivity index (χ4n) is 4.22. The Morgan fingerprint density at radius 2 is 2.00 bits per heavy atom. The normalized spacial score (nSPS) is 13.9. The van der Waals surface area contributed by atoms with Gasteiger partial charge in [-0.05, 0) is 61.7 Å². The van der Waals surface area contributed by atoms with Gasteiger partial charge < -0.3 is 20.1 Å². The van der Waals surface area contributed by atoms with E-state index in [1.54, 1.807) is 37.3 Å². The molecule has 0 saturated carbocycles. The summed E-state index contributed by atoms with van der Waals surface area (Å²) in [5, 5.41) is 12.2. The molecule has 0 bridgehead atoms. The van der Waals surface area contributed by atoms with E-state index in [0.29, 0.717) is 40.6 Å². The summed E-state index contributed by atoms with van der Waals surface area (Å²) < 4.78 is 11.0. The van der Waals surface area contributed by atoms with Gasteiger partial charge in [-0.25, -0.2) is 9.99 Å². The molecule has 9 heteroatoms. The van der Waals surface area contributed by atoms with E-state index in [-0.39, 0.29) is 12.7 Å². The van der Waals surface area contributed by atoms with Gasteiger partial charge in [0.1, 0.15) is 5.82 Å². The number of aldehydes is 1. The first-order valence-corrected chi connectivity index (χ1v) is 11.5. The molecule has 9 nitrogen and oxygen atoms in total. The molecule has 0 radical (unpaired) electrons. The first-order valence-electron chi connectivity index (χ1n) is 11.5. The summed E-state index contributed by atoms with van der Waals surface area (Å²) in [5.41, 5.74) is 4.97. The number of carbonyl (C=O) groups is 2. The molecule has 0 atom stereocenters. The number of aryl methyl sites for hydroxylation is 1. The van der Waals surface area contributed by atoms with Gasteiger partial charge in [0.05, 0.1) is 22.7 Å². The van der Waals surface area contributed by atoms with Gasteiger partial charge in [-0.15, -0.1) is 0 Å². The number of nitrogens with one attached hydrogen (secondary N) is 2. The Labute approximate surface area is 208 Å². The summed E-state index contributed by atoms with van der Waals surface area (Å²) in [6, 6.07) is 14.8. The molecule has 0 saturated heterocycles. The number of carbonyl (C=O) groups excluding carboxylic acids is 2. The van der Waals surface area contributed by atoms with Crippen molar-refractivity contribution in [3.63, 3.8) is 0 Å². The molecule has 182 valence electrons. The summed E-state index contributed by atoms with van der Waals surface area (Å²) in [7, 11) is 1.72. The van der Waals surface area contributed by atoms with Gasteiger partial charge in [0.2, 0.25) is 6.79 Å². The van der Waals surface area contributed by atoms with Gasteiger partial charge in [-0.3, -0.25) is 9.59 Å². The van der Waals surface area contributed by atoms with Crippen molar-refractivity contribution in [2.45, 2.75) is 19.8 Å². The van der Waals surface area contributed by atoms with Crippen molar-refractivity contribution in [3.05, 3.63) is 77.5 Å². The monoisotopic (exact) mass is 483 g/mol. The number of pyridine rings is 1. The van der Waals surface area contributed by atoms with Crippen LogP contribution in [0.15, 0.2) is 65.9 Å². The lowest BCUT2D eigenvalue weighted by Crippen LogP contribution is -2.21. The zero-order valence-corrected chi connectivity index (χ0v) is 19.9. The second-order valence-electron chi connectivity index (χ2n) is 8.31. The Kier molecular flexibility index (Phi) is 6.36. The number of hydrogen-bond donors (Lipinski definition) is 2. The van der Waals surface area contributed by atoms with Crippen molar-refractivity contribution >= 4 is 40.8 Å². The van der Waals surface area contributed by atoms with E-state index in [1.165, 1.54) is 0 Å². The van der Waals surface area contributed by atoms with Gasteiger partial charge in [-0.2, -0.15) is 5.10 Å². The van der Waals surface area contributed by atoms with Gasteiger partial charge in [0, 0.05) is 30.6 Å². The number of anilines is 3. The molecule has 1 amide bonds. The van der Waals surface area contributed by atoms with Crippen molar-refractivity contribution < 1.29 is 19.1 Å². The fraction of sp³-hybridized carbons (Fsp3) is 0.185. The lowest BCUT2D eigenvalue weighted by atomic mass is 9.93. The van der Waals surface area contributed by atoms with E-state index in [9.17, 15) is 9.59 Å². The Morgan fingerprint density at radius 3 is 2.83 bits per heavy atom. The minimum Gasteiger partial charge on any atom is -0.454 e. The third-order valence-electron chi connectivity index (χ3n) is 5.94. The molecular formula is C27H25N5O4. The second kappa shape index (κ2) is 9.91. The summed E-state index contributed by atoms with van der Waals surface area (Å²) in [5.74, 6) is 1.51. The minimum absolute atomic E-state index is 0.163. The van der Waals surface area contributed by atoms with Crippen LogP contribution in [0.2, 0.25) is 0 Å². The number of nitrogens with zero attached hydrogens (tertiary/aromatic N) is 3. The number of fused-ring (bicyclic) bond motifs is 2. The highest BCUT2D eigenvalue weighted by atomic mass is 16.7. The molecule has 3 aromatic rings. The lowest BCUT2D eigenvalue weighted by molar-refractivity contribution is -0.102. The van der Waals surface area contributed by atoms with Crippen LogP contribution in [0.4, 0.5) is 17.2 Å². The first-order chi connectivity index (χ1) is 17.6. The molecule has 5 rings (SSSR count). The summed E-state index contributed by atoms with van der Waals surface area (Å²) in [4.78, 5) is 28.7. The van der Waals surface area contributed by atoms with Crippen LogP contribution < -0.4 is 25.1 Å². The van der Waals surface area contributed by atoms with Gasteiger partial charge in [0.15, 0.2) is 17.8 Å². The molecular weight excluding hydrogens is 458 g/mol. The van der Waals surface area contributed by atoms with Crippen molar-refractivity contribution in [1.82, 2.24) is 4.98 Å². The summed E-state index contributed by atoms with van der Waals surface area (Å²) >= 11 is 0. The molecule has 2 aliphatic rings. The number of amides is 1. The van der Waals surface area contributed by atoms with Gasteiger partial charge in [0.25, 0.3) is 5.91 Å². The van der Waals surface area contributed by atoms with E-state index < -0.39 is 0 Å². The average Bonchev–Trinajstić information content (AvgIpc) is 3.39. The zero-order chi connectivity index (χ0) is 25.1. The first kappa shape index (κ1) is 23.1. The number of hydrogen-bond acceptors (Lipinski definition) is 8. The molecule has 0 spiro atoms. The van der Waals surface area contributed by atoms with Crippen LogP contribution in [-0.2, 0) is 11.2 Å². The SMILES string of the molecule is CNc1ncccc1C(=O)Nc1ccc2c(c1)C(N(/N=C(\C)C=O)c1ccc3c(c1)OCO3)=CCC2. The van der Waals surface area contributed by atoms with E-state index >= 15 is 0 Å². The third kappa shape index (κ3) is 4.50. The van der Waals surface area contributed by atoms with Crippen LogP contribution in [0.1, 0.15) is 34.8 Å². The third-order valence-corrected chi connectivity index (χ3v) is 5.94. The molecule has 2 aromatic carbocycles. The van der Waals surface area contributed by atoms with Crippen LogP contribution in [0.5, 0.6) is 11.5 Å². The molecule has 1 aromatic heterocycles. The number of allylic oxidation sites excluding steroid dienone is 1. The summed E-state index contributed by atoms with van der Waals surface area (Å²) in [6.45, 7) is 1.82. The molecule has 0 fully saturated rings. The van der Waals surface area contributed by atoms with Crippen LogP contribution in [0.3, 0.4) is 0 Å². The second-order valence-corrected chi connectivity index (χ2v) is 8.31. The Hall–Kier alpha value is -4.66. The van der Waals surface area contributed by atoms with Gasteiger partial charge in [-0.1, -0.05) is 12.1 Å². The molecule has 36 heavy (non-hydrogen) atoms. The van der Waals surface area contributed by atoms with Crippen molar-refractivity contribution in [1.29, 1.82) is 0 Å². The summed E-state index contributed by atoms with van der Waals surface area (Å²) in [6.07, 6.45) is 6.09. The highest BCUT2D eigenvalue weighted by Crippen LogP contribution is 2.40. The van der Waals surface area contributed by atoms with E-state index in [1.807, 2.05) is 36.4 Å². The minimum atomic E-state index is -0.267. The maximum absolute atomic E-state index is 13.0. The predicted molar refractivity (Wildman–Crippen MR) is 139 cm³/mol. The topological polar surface area (TPSA) is 105 Å². The van der Waals surface area contributed by atoms with Crippen LogP contribution in [0.25, 0.3) is 5.70 Å². The van der Waals surface area contributed by atoms with Crippen molar-refractivity contribution in [3.8, 4) is 11.5 Å². The smallest absolute Gasteiger partial charge is 0.259 e. The Balaban J connectivity index is 1.51. The number of aromatic nitrogens is 1. The van der Waals surface area contributed by atoms with Crippen molar-refractivity contribution in [2.24, 2.45) is 5.10 Å². The lowest BCUT2D eigenvalue weighted by Gasteiger charge is -2.28. The standard InChI is InChI=1S/C27H25N5O4/c1-17(15-33)31-32(20-10-11-24-25(14-20)36-16-35-24)23-7-3-5-18-8-9-19(13-22(18)23)30-27(34)21-6-4-12-29-26(21)28-2/h4,6-15H,3,5,16H2,1-2H3,(H,28,29)(H,30,34)/b31-17+. The molecule has 2 heterocycles. The highest BCUT2D eigenvalue weighted by Gasteiger charge is 2.23. The number of rotatable bonds is 7. The van der Waals surface area contributed by atoms with Gasteiger partial charge >= 0.3 is 0 Å². The van der Waals surface area contributed by atoms with E-state index in [2.05, 4.69) is 26.8 Å². The maximum Gasteiger partial charge on any atom is 0.259 e. The highest BCUT2D eigenvalue weighted by molar-refractivity contribution is 6.27. The quantitative estimate of drug-likeness (QED) is 0.290. The molecule has 1 aliphatic carbocycles. The van der Waals surface area contributed by atoms with Crippen LogP contribution in [0, 0.1) is 0 Å². The fourth-order valence-corrected chi connectivity index (χ4v) is 4.22. The molecule has 0 unspecified atom stereocenters. The maximum atomic E-state index is 13.0. The largest absolute Gasteiger partial charge is 0.454 e. The number of ether oxygens (including phenoxy) is 2. The van der Waals surface area contributed by atoms with Crippen LogP contribution in [-0.4, -0.2) is 36.7 Å². The number of hydrazone groups is 1. The molecule has 2 N–H and O–H groups in total. The Bertz CT molecular complexity index is 1400. The van der Waals surface area contributed by atoms with E-state index in [4.69, 9.17) is 9.47 Å².